The zero-order valence-electron chi connectivity index (χ0n) is 20.0. The Morgan fingerprint density at radius 1 is 1.18 bits per heavy atom. The molecule has 34 heavy (non-hydrogen) atoms. The van der Waals surface area contributed by atoms with Gasteiger partial charge in [0.2, 0.25) is 5.91 Å². The highest BCUT2D eigenvalue weighted by atomic mass is 19.1. The minimum Gasteiger partial charge on any atom is -0.478 e. The van der Waals surface area contributed by atoms with Crippen molar-refractivity contribution >= 4 is 17.6 Å². The van der Waals surface area contributed by atoms with E-state index in [9.17, 15) is 14.7 Å². The molecule has 5 rings (SSSR count). The van der Waals surface area contributed by atoms with E-state index in [1.807, 2.05) is 6.92 Å². The Morgan fingerprint density at radius 3 is 2.47 bits per heavy atom. The third-order valence-corrected chi connectivity index (χ3v) is 8.84. The molecule has 3 fully saturated rings. The quantitative estimate of drug-likeness (QED) is 0.501. The summed E-state index contributed by atoms with van der Waals surface area (Å²) in [6, 6.07) is 2.90. The highest BCUT2D eigenvalue weighted by Crippen LogP contribution is 2.61. The first-order valence-electron chi connectivity index (χ1n) is 12.7. The van der Waals surface area contributed by atoms with Gasteiger partial charge < -0.3 is 10.4 Å². The molecule has 0 radical (unpaired) electrons. The summed E-state index contributed by atoms with van der Waals surface area (Å²) in [7, 11) is 0. The number of benzene rings is 1. The topological polar surface area (TPSA) is 84.2 Å². The third kappa shape index (κ3) is 4.14. The van der Waals surface area contributed by atoms with Gasteiger partial charge in [0.05, 0.1) is 17.8 Å². The van der Waals surface area contributed by atoms with Gasteiger partial charge in [-0.15, -0.1) is 0 Å². The predicted octanol–water partition coefficient (Wildman–Crippen LogP) is 6.29. The number of nitrogens with one attached hydrogen (secondary N) is 1. The molecule has 1 atom stereocenters. The number of carboxylic acid groups (broad SMARTS) is 1. The highest BCUT2D eigenvalue weighted by molar-refractivity contribution is 6.00. The molecule has 0 spiro atoms. The summed E-state index contributed by atoms with van der Waals surface area (Å²) in [5.41, 5.74) is 0.512. The van der Waals surface area contributed by atoms with Crippen LogP contribution in [0.3, 0.4) is 0 Å². The zero-order valence-corrected chi connectivity index (χ0v) is 20.0. The molecule has 0 aliphatic heterocycles. The Morgan fingerprint density at radius 2 is 1.88 bits per heavy atom. The molecule has 1 aromatic carbocycles. The number of carbonyl (C=O) groups is 2. The summed E-state index contributed by atoms with van der Waals surface area (Å²) in [5, 5.41) is 17.0. The number of carbonyl (C=O) groups excluding carboxylic acids is 1. The molecule has 2 N–H and O–H groups in total. The lowest BCUT2D eigenvalue weighted by atomic mass is 9.69. The van der Waals surface area contributed by atoms with Gasteiger partial charge >= 0.3 is 5.97 Å². The molecule has 0 bridgehead atoms. The molecule has 3 aliphatic rings. The summed E-state index contributed by atoms with van der Waals surface area (Å²) in [6.07, 6.45) is 13.3. The average Bonchev–Trinajstić information content (AvgIpc) is 3.44. The number of hydrogen-bond donors (Lipinski definition) is 2. The number of amides is 1. The third-order valence-electron chi connectivity index (χ3n) is 8.84. The second kappa shape index (κ2) is 8.82. The molecule has 7 heteroatoms. The van der Waals surface area contributed by atoms with Gasteiger partial charge in [-0.2, -0.15) is 5.10 Å². The van der Waals surface area contributed by atoms with Gasteiger partial charge in [-0.3, -0.25) is 9.48 Å². The van der Waals surface area contributed by atoms with Crippen molar-refractivity contribution in [2.45, 2.75) is 77.7 Å². The Balaban J connectivity index is 1.35. The summed E-state index contributed by atoms with van der Waals surface area (Å²) < 4.78 is 17.0. The number of nitrogens with zero attached hydrogens (tertiary/aromatic N) is 2. The number of aromatic carboxylic acids is 1. The van der Waals surface area contributed by atoms with E-state index in [0.717, 1.165) is 38.0 Å². The summed E-state index contributed by atoms with van der Waals surface area (Å²) in [5.74, 6) is -0.929. The maximum Gasteiger partial charge on any atom is 0.336 e. The standard InChI is InChI=1S/C27H34FN3O3/c1-16-6-8-19(9-7-16)27(10-11-27)17(2)25(32)30-20-12-22(26(33)34)24(23(28)13-20)18-14-29-31(15-18)21-4-3-5-21/h12-17,19,21H,3-11H2,1-2H3,(H,30,32)(H,33,34). The van der Waals surface area contributed by atoms with Crippen molar-refractivity contribution in [3.8, 4) is 11.1 Å². The smallest absolute Gasteiger partial charge is 0.336 e. The summed E-state index contributed by atoms with van der Waals surface area (Å²) >= 11 is 0. The van der Waals surface area contributed by atoms with Crippen LogP contribution in [0, 0.1) is 29.0 Å². The minimum atomic E-state index is -1.23. The lowest BCUT2D eigenvalue weighted by molar-refractivity contribution is -0.122. The van der Waals surface area contributed by atoms with Gasteiger partial charge in [-0.25, -0.2) is 9.18 Å². The second-order valence-corrected chi connectivity index (χ2v) is 10.9. The number of carboxylic acids is 1. The van der Waals surface area contributed by atoms with Crippen molar-refractivity contribution in [1.82, 2.24) is 9.78 Å². The molecular formula is C27H34FN3O3. The van der Waals surface area contributed by atoms with Gasteiger partial charge in [-0.05, 0) is 74.3 Å². The molecular weight excluding hydrogens is 433 g/mol. The number of halogens is 1. The predicted molar refractivity (Wildman–Crippen MR) is 128 cm³/mol. The Kier molecular flexibility index (Phi) is 5.98. The van der Waals surface area contributed by atoms with E-state index in [4.69, 9.17) is 0 Å². The number of aromatic nitrogens is 2. The van der Waals surface area contributed by atoms with E-state index < -0.39 is 11.8 Å². The van der Waals surface area contributed by atoms with Gasteiger partial charge in [0.25, 0.3) is 0 Å². The van der Waals surface area contributed by atoms with Gasteiger partial charge in [0.15, 0.2) is 0 Å². The number of hydrogen-bond acceptors (Lipinski definition) is 3. The van der Waals surface area contributed by atoms with Crippen LogP contribution in [0.1, 0.15) is 88.0 Å². The van der Waals surface area contributed by atoms with Crippen LogP contribution in [0.15, 0.2) is 24.5 Å². The van der Waals surface area contributed by atoms with Gasteiger partial charge in [0.1, 0.15) is 5.82 Å². The van der Waals surface area contributed by atoms with E-state index in [0.29, 0.717) is 17.5 Å². The van der Waals surface area contributed by atoms with Crippen molar-refractivity contribution in [3.05, 3.63) is 35.9 Å². The van der Waals surface area contributed by atoms with Crippen molar-refractivity contribution in [3.63, 3.8) is 0 Å². The molecule has 0 saturated heterocycles. The van der Waals surface area contributed by atoms with Crippen LogP contribution in [0.2, 0.25) is 0 Å². The van der Waals surface area contributed by atoms with Crippen LogP contribution in [-0.2, 0) is 4.79 Å². The lowest BCUT2D eigenvalue weighted by Gasteiger charge is -2.36. The number of rotatable bonds is 7. The summed E-state index contributed by atoms with van der Waals surface area (Å²) in [4.78, 5) is 25.2. The van der Waals surface area contributed by atoms with Crippen molar-refractivity contribution < 1.29 is 19.1 Å². The van der Waals surface area contributed by atoms with Crippen molar-refractivity contribution in [2.24, 2.45) is 23.2 Å². The lowest BCUT2D eigenvalue weighted by Crippen LogP contribution is -2.34. The van der Waals surface area contributed by atoms with Crippen molar-refractivity contribution in [1.29, 1.82) is 0 Å². The molecule has 3 saturated carbocycles. The van der Waals surface area contributed by atoms with Crippen LogP contribution >= 0.6 is 0 Å². The van der Waals surface area contributed by atoms with Gasteiger partial charge in [-0.1, -0.05) is 26.7 Å². The number of anilines is 1. The van der Waals surface area contributed by atoms with Gasteiger partial charge in [0, 0.05) is 28.9 Å². The maximum absolute atomic E-state index is 15.2. The molecule has 1 unspecified atom stereocenters. The van der Waals surface area contributed by atoms with Crippen LogP contribution in [0.5, 0.6) is 0 Å². The van der Waals surface area contributed by atoms with E-state index in [1.165, 1.54) is 44.0 Å². The van der Waals surface area contributed by atoms with Crippen LogP contribution < -0.4 is 5.32 Å². The van der Waals surface area contributed by atoms with E-state index in [-0.39, 0.29) is 34.1 Å². The van der Waals surface area contributed by atoms with Crippen molar-refractivity contribution in [2.75, 3.05) is 5.32 Å². The first-order valence-corrected chi connectivity index (χ1v) is 12.7. The Hall–Kier alpha value is -2.70. The average molecular weight is 468 g/mol. The molecule has 6 nitrogen and oxygen atoms in total. The molecule has 182 valence electrons. The normalized spacial score (nSPS) is 24.8. The SMILES string of the molecule is CC1CCC(C2(C(C)C(=O)Nc3cc(F)c(-c4cnn(C5CCC5)c4)c(C(=O)O)c3)CC2)CC1. The maximum atomic E-state index is 15.2. The van der Waals surface area contributed by atoms with E-state index in [2.05, 4.69) is 17.3 Å². The molecule has 1 amide bonds. The van der Waals surface area contributed by atoms with E-state index >= 15 is 4.39 Å². The molecule has 1 aromatic heterocycles. The fourth-order valence-corrected chi connectivity index (χ4v) is 6.14. The Labute approximate surface area is 199 Å². The van der Waals surface area contributed by atoms with Crippen LogP contribution in [-0.4, -0.2) is 26.8 Å². The molecule has 1 heterocycles. The van der Waals surface area contributed by atoms with Crippen LogP contribution in [0.4, 0.5) is 10.1 Å². The Bertz CT molecular complexity index is 1090. The second-order valence-electron chi connectivity index (χ2n) is 10.9. The summed E-state index contributed by atoms with van der Waals surface area (Å²) in [6.45, 7) is 4.26. The largest absolute Gasteiger partial charge is 0.478 e. The highest BCUT2D eigenvalue weighted by Gasteiger charge is 2.55. The molecule has 2 aromatic rings. The van der Waals surface area contributed by atoms with Crippen LogP contribution in [0.25, 0.3) is 11.1 Å². The molecule has 3 aliphatic carbocycles. The first-order chi connectivity index (χ1) is 16.3. The fourth-order valence-electron chi connectivity index (χ4n) is 6.14. The zero-order chi connectivity index (χ0) is 24.0. The minimum absolute atomic E-state index is 0.0131. The first kappa shape index (κ1) is 23.1. The van der Waals surface area contributed by atoms with E-state index in [1.54, 1.807) is 10.9 Å². The monoisotopic (exact) mass is 467 g/mol. The fraction of sp³-hybridized carbons (Fsp3) is 0.593.